The average Bonchev–Trinajstić information content (AvgIpc) is 3.08. The first-order chi connectivity index (χ1) is 18.0. The second-order valence-electron chi connectivity index (χ2n) is 9.65. The summed E-state index contributed by atoms with van der Waals surface area (Å²) in [7, 11) is 1.56. The fourth-order valence-corrected chi connectivity index (χ4v) is 5.11. The number of ether oxygens (including phenoxy) is 2. The molecule has 0 fully saturated rings. The van der Waals surface area contributed by atoms with Gasteiger partial charge in [-0.05, 0) is 74.1 Å². The second kappa shape index (κ2) is 10.5. The predicted octanol–water partition coefficient (Wildman–Crippen LogP) is 7.64. The Morgan fingerprint density at radius 2 is 1.68 bits per heavy atom. The Hall–Kier alpha value is -4.01. The molecule has 0 N–H and O–H groups in total. The molecule has 4 nitrogen and oxygen atoms in total. The number of fused-ring (bicyclic) bond motifs is 1. The Morgan fingerprint density at radius 1 is 0.973 bits per heavy atom. The summed E-state index contributed by atoms with van der Waals surface area (Å²) in [6.45, 7) is 4.25. The van der Waals surface area contributed by atoms with E-state index in [0.29, 0.717) is 22.2 Å². The third-order valence-electron chi connectivity index (χ3n) is 6.90. The standard InChI is InChI=1S/C32H29FN2O2/c1-20-4-5-24(16-21(2)37-20)17-22-6-10-26(11-7-22)28-19-35-31-27(25-12-8-23(18-34)9-13-25)14-15-29(33)30(31)32(28)36-3/h5-15,19-21H,4,16-17H2,1-3H3/t20-,21+/m1/s1. The molecule has 1 aliphatic rings. The van der Waals surface area contributed by atoms with Crippen LogP contribution in [-0.2, 0) is 11.2 Å². The minimum atomic E-state index is -0.388. The number of hydrogen-bond acceptors (Lipinski definition) is 4. The van der Waals surface area contributed by atoms with Crippen LogP contribution >= 0.6 is 0 Å². The summed E-state index contributed by atoms with van der Waals surface area (Å²) in [5.74, 6) is 0.0678. The second-order valence-corrected chi connectivity index (χ2v) is 9.65. The molecule has 0 saturated heterocycles. The third kappa shape index (κ3) is 5.12. The number of nitriles is 1. The van der Waals surface area contributed by atoms with Gasteiger partial charge in [0.1, 0.15) is 11.6 Å². The number of pyridine rings is 1. The number of nitrogens with zero attached hydrogens (tertiary/aromatic N) is 2. The van der Waals surface area contributed by atoms with E-state index in [0.717, 1.165) is 41.5 Å². The molecule has 0 aliphatic carbocycles. The Bertz CT molecular complexity index is 1500. The lowest BCUT2D eigenvalue weighted by Gasteiger charge is -2.16. The predicted molar refractivity (Wildman–Crippen MR) is 145 cm³/mol. The zero-order valence-electron chi connectivity index (χ0n) is 21.3. The first-order valence-electron chi connectivity index (χ1n) is 12.5. The zero-order chi connectivity index (χ0) is 25.9. The van der Waals surface area contributed by atoms with Gasteiger partial charge in [-0.25, -0.2) is 4.39 Å². The highest BCUT2D eigenvalue weighted by Crippen LogP contribution is 2.40. The summed E-state index contributed by atoms with van der Waals surface area (Å²) in [6.07, 6.45) is 7.30. The van der Waals surface area contributed by atoms with Crippen molar-refractivity contribution in [3.8, 4) is 34.1 Å². The highest BCUT2D eigenvalue weighted by molar-refractivity contribution is 6.00. The molecule has 0 unspecified atom stereocenters. The maximum atomic E-state index is 15.2. The van der Waals surface area contributed by atoms with Crippen LogP contribution < -0.4 is 4.74 Å². The van der Waals surface area contributed by atoms with Crippen LogP contribution in [0, 0.1) is 17.1 Å². The summed E-state index contributed by atoms with van der Waals surface area (Å²) in [6, 6.07) is 20.8. The zero-order valence-corrected chi connectivity index (χ0v) is 21.3. The van der Waals surface area contributed by atoms with Crippen molar-refractivity contribution < 1.29 is 13.9 Å². The molecule has 1 aliphatic heterocycles. The molecule has 2 heterocycles. The molecule has 4 aromatic rings. The van der Waals surface area contributed by atoms with Crippen molar-refractivity contribution in [3.63, 3.8) is 0 Å². The number of rotatable bonds is 5. The van der Waals surface area contributed by atoms with E-state index in [1.165, 1.54) is 17.2 Å². The number of methoxy groups -OCH3 is 1. The number of aromatic nitrogens is 1. The van der Waals surface area contributed by atoms with E-state index in [2.05, 4.69) is 43.1 Å². The fourth-order valence-electron chi connectivity index (χ4n) is 5.11. The summed E-state index contributed by atoms with van der Waals surface area (Å²) in [5, 5.41) is 9.45. The largest absolute Gasteiger partial charge is 0.495 e. The van der Waals surface area contributed by atoms with Gasteiger partial charge in [0.15, 0.2) is 0 Å². The quantitative estimate of drug-likeness (QED) is 0.269. The number of benzene rings is 3. The van der Waals surface area contributed by atoms with Gasteiger partial charge in [-0.15, -0.1) is 0 Å². The van der Waals surface area contributed by atoms with E-state index in [1.807, 2.05) is 24.3 Å². The molecule has 0 spiro atoms. The van der Waals surface area contributed by atoms with Crippen molar-refractivity contribution in [2.45, 2.75) is 45.3 Å². The van der Waals surface area contributed by atoms with E-state index in [-0.39, 0.29) is 18.0 Å². The van der Waals surface area contributed by atoms with Gasteiger partial charge >= 0.3 is 0 Å². The van der Waals surface area contributed by atoms with Gasteiger partial charge in [0, 0.05) is 17.3 Å². The third-order valence-corrected chi connectivity index (χ3v) is 6.90. The van der Waals surface area contributed by atoms with Gasteiger partial charge in [0.05, 0.1) is 41.9 Å². The van der Waals surface area contributed by atoms with Crippen LogP contribution in [0.25, 0.3) is 33.2 Å². The van der Waals surface area contributed by atoms with E-state index >= 15 is 4.39 Å². The van der Waals surface area contributed by atoms with Crippen molar-refractivity contribution in [2.24, 2.45) is 0 Å². The van der Waals surface area contributed by atoms with Crippen LogP contribution in [0.5, 0.6) is 5.75 Å². The molecular weight excluding hydrogens is 463 g/mol. The van der Waals surface area contributed by atoms with E-state index in [4.69, 9.17) is 14.7 Å². The van der Waals surface area contributed by atoms with Crippen LogP contribution in [-0.4, -0.2) is 24.3 Å². The van der Waals surface area contributed by atoms with Crippen LogP contribution in [0.15, 0.2) is 78.5 Å². The smallest absolute Gasteiger partial charge is 0.140 e. The average molecular weight is 493 g/mol. The molecule has 5 heteroatoms. The fraction of sp³-hybridized carbons (Fsp3) is 0.250. The maximum Gasteiger partial charge on any atom is 0.140 e. The van der Waals surface area contributed by atoms with Crippen molar-refractivity contribution in [1.82, 2.24) is 4.98 Å². The lowest BCUT2D eigenvalue weighted by atomic mass is 9.95. The lowest BCUT2D eigenvalue weighted by molar-refractivity contribution is 0.0152. The van der Waals surface area contributed by atoms with Gasteiger partial charge in [-0.2, -0.15) is 5.26 Å². The topological polar surface area (TPSA) is 55.1 Å². The van der Waals surface area contributed by atoms with Gasteiger partial charge in [0.2, 0.25) is 0 Å². The highest BCUT2D eigenvalue weighted by Gasteiger charge is 2.19. The Balaban J connectivity index is 1.50. The molecule has 1 aromatic heterocycles. The monoisotopic (exact) mass is 492 g/mol. The van der Waals surface area contributed by atoms with Crippen LogP contribution in [0.2, 0.25) is 0 Å². The van der Waals surface area contributed by atoms with Crippen molar-refractivity contribution in [3.05, 3.63) is 95.5 Å². The summed E-state index contributed by atoms with van der Waals surface area (Å²) in [4.78, 5) is 4.68. The molecule has 186 valence electrons. The van der Waals surface area contributed by atoms with E-state index < -0.39 is 0 Å². The molecule has 3 aromatic carbocycles. The molecule has 0 amide bonds. The van der Waals surface area contributed by atoms with Crippen LogP contribution in [0.4, 0.5) is 4.39 Å². The molecule has 2 atom stereocenters. The first kappa shape index (κ1) is 24.7. The normalized spacial score (nSPS) is 17.6. The van der Waals surface area contributed by atoms with Crippen molar-refractivity contribution in [2.75, 3.05) is 7.11 Å². The van der Waals surface area contributed by atoms with Crippen LogP contribution in [0.1, 0.15) is 37.8 Å². The van der Waals surface area contributed by atoms with Crippen molar-refractivity contribution >= 4 is 10.9 Å². The maximum absolute atomic E-state index is 15.2. The Labute approximate surface area is 217 Å². The molecular formula is C32H29FN2O2. The van der Waals surface area contributed by atoms with Gasteiger partial charge in [-0.1, -0.05) is 48.0 Å². The molecule has 5 rings (SSSR count). The van der Waals surface area contributed by atoms with E-state index in [9.17, 15) is 0 Å². The molecule has 0 bridgehead atoms. The van der Waals surface area contributed by atoms with Gasteiger partial charge in [-0.3, -0.25) is 4.98 Å². The lowest BCUT2D eigenvalue weighted by Crippen LogP contribution is -2.14. The van der Waals surface area contributed by atoms with E-state index in [1.54, 1.807) is 31.5 Å². The number of hydrogen-bond donors (Lipinski definition) is 0. The van der Waals surface area contributed by atoms with Gasteiger partial charge in [0.25, 0.3) is 0 Å². The summed E-state index contributed by atoms with van der Waals surface area (Å²) >= 11 is 0. The highest BCUT2D eigenvalue weighted by atomic mass is 19.1. The summed E-state index contributed by atoms with van der Waals surface area (Å²) in [5.41, 5.74) is 7.00. The molecule has 0 saturated carbocycles. The molecule has 37 heavy (non-hydrogen) atoms. The first-order valence-corrected chi connectivity index (χ1v) is 12.5. The Morgan fingerprint density at radius 3 is 2.38 bits per heavy atom. The number of halogens is 1. The minimum Gasteiger partial charge on any atom is -0.495 e. The molecule has 0 radical (unpaired) electrons. The van der Waals surface area contributed by atoms with Crippen LogP contribution in [0.3, 0.4) is 0 Å². The van der Waals surface area contributed by atoms with Crippen molar-refractivity contribution in [1.29, 1.82) is 5.26 Å². The SMILES string of the molecule is COc1c(-c2ccc(CC3=CC[C@@H](C)O[C@@H](C)C3)cc2)cnc2c(-c3ccc(C#N)cc3)ccc(F)c12. The van der Waals surface area contributed by atoms with Gasteiger partial charge < -0.3 is 9.47 Å². The summed E-state index contributed by atoms with van der Waals surface area (Å²) < 4.78 is 26.9. The minimum absolute atomic E-state index is 0.222. The Kier molecular flexibility index (Phi) is 7.03.